The van der Waals surface area contributed by atoms with Gasteiger partial charge in [-0.3, -0.25) is 4.79 Å². The molecule has 1 aliphatic rings. The molecule has 6 heteroatoms. The lowest BCUT2D eigenvalue weighted by molar-refractivity contribution is -0.117. The highest BCUT2D eigenvalue weighted by Gasteiger charge is 2.29. The number of anilines is 2. The summed E-state index contributed by atoms with van der Waals surface area (Å²) in [7, 11) is 1.64. The average Bonchev–Trinajstić information content (AvgIpc) is 3.47. The highest BCUT2D eigenvalue weighted by Crippen LogP contribution is 2.32. The number of carbonyl (C=O) groups excluding carboxylic acids is 1. The normalized spacial score (nSPS) is 13.6. The van der Waals surface area contributed by atoms with Crippen LogP contribution in [-0.4, -0.2) is 23.0 Å². The van der Waals surface area contributed by atoms with Gasteiger partial charge in [0.05, 0.1) is 12.8 Å². The molecule has 26 heavy (non-hydrogen) atoms. The number of benzene rings is 1. The Balaban J connectivity index is 1.77. The van der Waals surface area contributed by atoms with Gasteiger partial charge in [0.1, 0.15) is 17.4 Å². The zero-order valence-corrected chi connectivity index (χ0v) is 14.7. The number of methoxy groups -OCH3 is 1. The zero-order valence-electron chi connectivity index (χ0n) is 14.7. The maximum atomic E-state index is 12.0. The molecule has 132 valence electrons. The first-order valence-electron chi connectivity index (χ1n) is 8.57. The summed E-state index contributed by atoms with van der Waals surface area (Å²) in [6.07, 6.45) is 3.56. The molecule has 1 amide bonds. The highest BCUT2D eigenvalue weighted by atomic mass is 16.5. The van der Waals surface area contributed by atoms with E-state index in [0.29, 0.717) is 11.6 Å². The Kier molecular flexibility index (Phi) is 3.95. The monoisotopic (exact) mass is 348 g/mol. The summed E-state index contributed by atoms with van der Waals surface area (Å²) in [6.45, 7) is 2.02. The van der Waals surface area contributed by atoms with Crippen LogP contribution in [-0.2, 0) is 4.79 Å². The van der Waals surface area contributed by atoms with Gasteiger partial charge in [0.2, 0.25) is 5.91 Å². The molecule has 0 bridgehead atoms. The Morgan fingerprint density at radius 2 is 2.08 bits per heavy atom. The third kappa shape index (κ3) is 3.06. The number of nitrogens with zero attached hydrogens (tertiary/aromatic N) is 2. The van der Waals surface area contributed by atoms with Crippen LogP contribution in [0.2, 0.25) is 0 Å². The van der Waals surface area contributed by atoms with Crippen LogP contribution in [0.15, 0.2) is 36.5 Å². The van der Waals surface area contributed by atoms with E-state index in [2.05, 4.69) is 15.3 Å². The number of aryl methyl sites for hydroxylation is 1. The number of fused-ring (bicyclic) bond motifs is 1. The molecule has 0 aliphatic heterocycles. The molecule has 0 saturated heterocycles. The highest BCUT2D eigenvalue weighted by molar-refractivity contribution is 5.98. The summed E-state index contributed by atoms with van der Waals surface area (Å²) >= 11 is 0. The van der Waals surface area contributed by atoms with E-state index in [4.69, 9.17) is 10.5 Å². The van der Waals surface area contributed by atoms with Crippen molar-refractivity contribution in [2.45, 2.75) is 19.8 Å². The van der Waals surface area contributed by atoms with Crippen molar-refractivity contribution in [3.05, 3.63) is 42.1 Å². The van der Waals surface area contributed by atoms with Crippen LogP contribution in [0.5, 0.6) is 5.75 Å². The van der Waals surface area contributed by atoms with E-state index in [1.165, 1.54) is 0 Å². The van der Waals surface area contributed by atoms with Gasteiger partial charge < -0.3 is 15.8 Å². The van der Waals surface area contributed by atoms with Crippen molar-refractivity contribution in [2.75, 3.05) is 18.2 Å². The van der Waals surface area contributed by atoms with E-state index in [0.717, 1.165) is 46.2 Å². The van der Waals surface area contributed by atoms with Crippen LogP contribution in [0, 0.1) is 12.8 Å². The molecule has 0 unspecified atom stereocenters. The molecule has 0 spiro atoms. The minimum atomic E-state index is 0.0303. The molecule has 1 aliphatic carbocycles. The molecular weight excluding hydrogens is 328 g/mol. The zero-order chi connectivity index (χ0) is 18.3. The second-order valence-corrected chi connectivity index (χ2v) is 6.63. The van der Waals surface area contributed by atoms with E-state index < -0.39 is 0 Å². The number of hydrogen-bond acceptors (Lipinski definition) is 5. The minimum Gasteiger partial charge on any atom is -0.497 e. The van der Waals surface area contributed by atoms with Gasteiger partial charge in [-0.05, 0) is 55.0 Å². The van der Waals surface area contributed by atoms with Crippen molar-refractivity contribution in [3.8, 4) is 17.0 Å². The van der Waals surface area contributed by atoms with Gasteiger partial charge in [-0.2, -0.15) is 0 Å². The average molecular weight is 348 g/mol. The van der Waals surface area contributed by atoms with Crippen LogP contribution in [0.4, 0.5) is 11.6 Å². The van der Waals surface area contributed by atoms with Crippen molar-refractivity contribution in [1.82, 2.24) is 9.97 Å². The summed E-state index contributed by atoms with van der Waals surface area (Å²) < 4.78 is 5.32. The Morgan fingerprint density at radius 3 is 2.81 bits per heavy atom. The smallest absolute Gasteiger partial charge is 0.228 e. The van der Waals surface area contributed by atoms with Crippen molar-refractivity contribution in [2.24, 2.45) is 5.92 Å². The molecular formula is C20H20N4O2. The molecule has 4 rings (SSSR count). The second-order valence-electron chi connectivity index (χ2n) is 6.63. The molecule has 6 nitrogen and oxygen atoms in total. The quantitative estimate of drug-likeness (QED) is 0.752. The van der Waals surface area contributed by atoms with Crippen LogP contribution in [0.25, 0.3) is 22.0 Å². The predicted octanol–water partition coefficient (Wildman–Crippen LogP) is 3.54. The van der Waals surface area contributed by atoms with Gasteiger partial charge in [-0.15, -0.1) is 0 Å². The maximum Gasteiger partial charge on any atom is 0.228 e. The third-order valence-electron chi connectivity index (χ3n) is 4.67. The number of pyridine rings is 2. The van der Waals surface area contributed by atoms with Crippen LogP contribution >= 0.6 is 0 Å². The molecule has 3 aromatic rings. The van der Waals surface area contributed by atoms with Gasteiger partial charge >= 0.3 is 0 Å². The van der Waals surface area contributed by atoms with Crippen LogP contribution in [0.1, 0.15) is 18.4 Å². The molecule has 0 atom stereocenters. The third-order valence-corrected chi connectivity index (χ3v) is 4.67. The number of nitrogens with two attached hydrogens (primary N) is 1. The number of carbonyl (C=O) groups is 1. The second kappa shape index (κ2) is 6.29. The number of nitrogens with one attached hydrogen (secondary N) is 1. The molecule has 1 aromatic carbocycles. The van der Waals surface area contributed by atoms with E-state index in [1.54, 1.807) is 13.3 Å². The van der Waals surface area contributed by atoms with E-state index in [9.17, 15) is 4.79 Å². The SMILES string of the molecule is COc1ccc(C)c(-c2cc3cc(NC(=O)C4CC4)ncc3c(N)n2)c1. The molecule has 1 saturated carbocycles. The number of hydrogen-bond donors (Lipinski definition) is 2. The van der Waals surface area contributed by atoms with Gasteiger partial charge in [-0.1, -0.05) is 6.07 Å². The molecule has 3 N–H and O–H groups in total. The van der Waals surface area contributed by atoms with Crippen LogP contribution in [0.3, 0.4) is 0 Å². The fourth-order valence-electron chi connectivity index (χ4n) is 2.96. The largest absolute Gasteiger partial charge is 0.497 e. The Morgan fingerprint density at radius 1 is 1.27 bits per heavy atom. The van der Waals surface area contributed by atoms with E-state index >= 15 is 0 Å². The summed E-state index contributed by atoms with van der Waals surface area (Å²) in [5.41, 5.74) is 8.95. The lowest BCUT2D eigenvalue weighted by Crippen LogP contribution is -2.14. The Hall–Kier alpha value is -3.15. The molecule has 2 heterocycles. The Bertz CT molecular complexity index is 1010. The lowest BCUT2D eigenvalue weighted by atomic mass is 10.0. The summed E-state index contributed by atoms with van der Waals surface area (Å²) in [6, 6.07) is 9.65. The lowest BCUT2D eigenvalue weighted by Gasteiger charge is -2.11. The fourth-order valence-corrected chi connectivity index (χ4v) is 2.96. The number of aromatic nitrogens is 2. The summed E-state index contributed by atoms with van der Waals surface area (Å²) in [5, 5.41) is 4.52. The molecule has 0 radical (unpaired) electrons. The first-order chi connectivity index (χ1) is 12.5. The van der Waals surface area contributed by atoms with E-state index in [1.807, 2.05) is 37.3 Å². The van der Waals surface area contributed by atoms with Crippen molar-refractivity contribution < 1.29 is 9.53 Å². The predicted molar refractivity (Wildman–Crippen MR) is 102 cm³/mol. The summed E-state index contributed by atoms with van der Waals surface area (Å²) in [4.78, 5) is 20.8. The first kappa shape index (κ1) is 16.3. The molecule has 2 aromatic heterocycles. The van der Waals surface area contributed by atoms with Crippen molar-refractivity contribution in [3.63, 3.8) is 0 Å². The summed E-state index contributed by atoms with van der Waals surface area (Å²) in [5.74, 6) is 1.87. The molecule has 1 fully saturated rings. The first-order valence-corrected chi connectivity index (χ1v) is 8.57. The number of nitrogen functional groups attached to an aromatic ring is 1. The number of amides is 1. The van der Waals surface area contributed by atoms with E-state index in [-0.39, 0.29) is 11.8 Å². The standard InChI is InChI=1S/C20H20N4O2/c1-11-3-6-14(26-2)9-15(11)17-7-13-8-18(24-20(25)12-4-5-12)22-10-16(13)19(21)23-17/h3,6-10,12H,4-5H2,1-2H3,(H2,21,23)(H,22,24,25). The minimum absolute atomic E-state index is 0.0303. The Labute approximate surface area is 151 Å². The van der Waals surface area contributed by atoms with Gasteiger partial charge in [0.25, 0.3) is 0 Å². The number of rotatable bonds is 4. The van der Waals surface area contributed by atoms with Crippen molar-refractivity contribution in [1.29, 1.82) is 0 Å². The fraction of sp³-hybridized carbons (Fsp3) is 0.250. The van der Waals surface area contributed by atoms with Crippen LogP contribution < -0.4 is 15.8 Å². The number of ether oxygens (including phenoxy) is 1. The van der Waals surface area contributed by atoms with Crippen molar-refractivity contribution >= 4 is 28.3 Å². The van der Waals surface area contributed by atoms with Gasteiger partial charge in [0, 0.05) is 23.1 Å². The van der Waals surface area contributed by atoms with Gasteiger partial charge in [0.15, 0.2) is 0 Å². The van der Waals surface area contributed by atoms with Gasteiger partial charge in [-0.25, -0.2) is 9.97 Å². The maximum absolute atomic E-state index is 12.0. The topological polar surface area (TPSA) is 90.1 Å².